The van der Waals surface area contributed by atoms with Crippen LogP contribution in [0.2, 0.25) is 5.02 Å². The van der Waals surface area contributed by atoms with Gasteiger partial charge in [0.05, 0.1) is 29.2 Å². The van der Waals surface area contributed by atoms with Gasteiger partial charge >= 0.3 is 0 Å². The molecule has 4 aromatic rings. The smallest absolute Gasteiger partial charge is 0.263 e. The van der Waals surface area contributed by atoms with Gasteiger partial charge in [-0.3, -0.25) is 9.69 Å². The highest BCUT2D eigenvalue weighted by Crippen LogP contribution is 2.33. The first-order chi connectivity index (χ1) is 15.1. The number of carbonyl (C=O) groups is 1. The highest BCUT2D eigenvalue weighted by Gasteiger charge is 2.24. The van der Waals surface area contributed by atoms with Gasteiger partial charge in [-0.1, -0.05) is 42.0 Å². The number of aryl methyl sites for hydroxylation is 2. The van der Waals surface area contributed by atoms with Crippen LogP contribution in [0.25, 0.3) is 10.2 Å². The van der Waals surface area contributed by atoms with E-state index in [1.165, 1.54) is 16.9 Å². The fraction of sp³-hybridized carbons (Fsp3) is 0.261. The number of ether oxygens (including phenoxy) is 1. The summed E-state index contributed by atoms with van der Waals surface area (Å²) in [5.74, 6) is 0.312. The molecule has 0 fully saturated rings. The van der Waals surface area contributed by atoms with Crippen LogP contribution in [-0.4, -0.2) is 34.1 Å². The van der Waals surface area contributed by atoms with Gasteiger partial charge < -0.3 is 9.30 Å². The summed E-state index contributed by atoms with van der Waals surface area (Å²) in [7, 11) is 1.55. The maximum Gasteiger partial charge on any atom is 0.263 e. The van der Waals surface area contributed by atoms with Crippen LogP contribution in [0.4, 0.5) is 5.13 Å². The Hall–Kier alpha value is -2.90. The fourth-order valence-corrected chi connectivity index (χ4v) is 4.71. The van der Waals surface area contributed by atoms with Crippen LogP contribution in [0.3, 0.4) is 0 Å². The molecule has 0 radical (unpaired) electrons. The van der Waals surface area contributed by atoms with Gasteiger partial charge in [0.15, 0.2) is 5.13 Å². The van der Waals surface area contributed by atoms with E-state index in [0.717, 1.165) is 29.6 Å². The summed E-state index contributed by atoms with van der Waals surface area (Å²) < 4.78 is 8.50. The number of methoxy groups -OCH3 is 1. The molecule has 0 aliphatic rings. The number of thiazole rings is 1. The zero-order valence-electron chi connectivity index (χ0n) is 17.4. The van der Waals surface area contributed by atoms with Gasteiger partial charge in [-0.25, -0.2) is 9.97 Å². The molecule has 2 aromatic carbocycles. The number of anilines is 1. The molecule has 2 heterocycles. The number of aromatic nitrogens is 3. The average Bonchev–Trinajstić information content (AvgIpc) is 3.45. The minimum Gasteiger partial charge on any atom is -0.496 e. The molecular formula is C23H23ClN4O2S. The molecule has 0 bridgehead atoms. The van der Waals surface area contributed by atoms with Gasteiger partial charge in [0, 0.05) is 30.5 Å². The largest absolute Gasteiger partial charge is 0.496 e. The molecule has 0 spiro atoms. The highest BCUT2D eigenvalue weighted by atomic mass is 35.5. The van der Waals surface area contributed by atoms with E-state index < -0.39 is 0 Å². The summed E-state index contributed by atoms with van der Waals surface area (Å²) in [5, 5.41) is 1.16. The Morgan fingerprint density at radius 2 is 2.16 bits per heavy atom. The third-order valence-corrected chi connectivity index (χ3v) is 6.38. The molecule has 0 aliphatic carbocycles. The number of benzene rings is 2. The summed E-state index contributed by atoms with van der Waals surface area (Å²) in [6.07, 6.45) is 7.08. The Morgan fingerprint density at radius 3 is 2.90 bits per heavy atom. The van der Waals surface area contributed by atoms with Gasteiger partial charge in [-0.2, -0.15) is 0 Å². The second-order valence-corrected chi connectivity index (χ2v) is 8.51. The van der Waals surface area contributed by atoms with E-state index in [0.29, 0.717) is 28.0 Å². The van der Waals surface area contributed by atoms with Crippen LogP contribution in [0.5, 0.6) is 5.75 Å². The molecule has 0 saturated carbocycles. The van der Waals surface area contributed by atoms with Crippen LogP contribution < -0.4 is 9.64 Å². The minimum atomic E-state index is -0.179. The number of amides is 1. The van der Waals surface area contributed by atoms with Crippen LogP contribution in [0.1, 0.15) is 29.3 Å². The molecule has 6 nitrogen and oxygen atoms in total. The van der Waals surface area contributed by atoms with Gasteiger partial charge in [0.25, 0.3) is 5.91 Å². The maximum atomic E-state index is 13.6. The number of imidazole rings is 1. The zero-order valence-corrected chi connectivity index (χ0v) is 19.0. The van der Waals surface area contributed by atoms with E-state index in [1.807, 2.05) is 22.9 Å². The van der Waals surface area contributed by atoms with E-state index in [2.05, 4.69) is 18.0 Å². The molecule has 4 rings (SSSR count). The standard InChI is InChI=1S/C23H23ClN4O2S/c1-3-16-6-4-7-20-21(16)26-23(31-20)28(12-5-11-27-13-10-25-15-27)22(29)18-14-17(24)8-9-19(18)30-2/h4,6-10,13-15H,3,5,11-12H2,1-2H3. The van der Waals surface area contributed by atoms with Crippen LogP contribution in [-0.2, 0) is 13.0 Å². The van der Waals surface area contributed by atoms with E-state index in [4.69, 9.17) is 21.3 Å². The summed E-state index contributed by atoms with van der Waals surface area (Å²) in [4.78, 5) is 24.3. The molecule has 1 amide bonds. The predicted octanol–water partition coefficient (Wildman–Crippen LogP) is 5.45. The van der Waals surface area contributed by atoms with Crippen molar-refractivity contribution in [3.8, 4) is 5.75 Å². The van der Waals surface area contributed by atoms with E-state index >= 15 is 0 Å². The lowest BCUT2D eigenvalue weighted by molar-refractivity contribution is 0.0983. The van der Waals surface area contributed by atoms with Crippen molar-refractivity contribution in [3.63, 3.8) is 0 Å². The molecule has 0 aliphatic heterocycles. The monoisotopic (exact) mass is 454 g/mol. The van der Waals surface area contributed by atoms with Crippen LogP contribution in [0, 0.1) is 0 Å². The molecular weight excluding hydrogens is 432 g/mol. The van der Waals surface area contributed by atoms with Gasteiger partial charge in [0.1, 0.15) is 5.75 Å². The summed E-state index contributed by atoms with van der Waals surface area (Å²) >= 11 is 7.72. The first-order valence-corrected chi connectivity index (χ1v) is 11.3. The fourth-order valence-electron chi connectivity index (χ4n) is 3.50. The molecule has 0 N–H and O–H groups in total. The first kappa shape index (κ1) is 21.3. The number of nitrogens with zero attached hydrogens (tertiary/aromatic N) is 4. The van der Waals surface area contributed by atoms with Gasteiger partial charge in [-0.15, -0.1) is 0 Å². The number of halogens is 1. The minimum absolute atomic E-state index is 0.179. The topological polar surface area (TPSA) is 60.2 Å². The van der Waals surface area contributed by atoms with Crippen molar-refractivity contribution < 1.29 is 9.53 Å². The Bertz CT molecular complexity index is 1190. The van der Waals surface area contributed by atoms with E-state index in [9.17, 15) is 4.79 Å². The Morgan fingerprint density at radius 1 is 1.29 bits per heavy atom. The van der Waals surface area contributed by atoms with Crippen molar-refractivity contribution in [2.45, 2.75) is 26.3 Å². The van der Waals surface area contributed by atoms with Gasteiger partial charge in [-0.05, 0) is 42.7 Å². The molecule has 0 saturated heterocycles. The first-order valence-electron chi connectivity index (χ1n) is 10.1. The zero-order chi connectivity index (χ0) is 21.8. The quantitative estimate of drug-likeness (QED) is 0.355. The summed E-state index contributed by atoms with van der Waals surface area (Å²) in [6, 6.07) is 11.2. The number of carbonyl (C=O) groups excluding carboxylic acids is 1. The molecule has 0 unspecified atom stereocenters. The van der Waals surface area contributed by atoms with Crippen LogP contribution in [0.15, 0.2) is 55.1 Å². The third-order valence-electron chi connectivity index (χ3n) is 5.10. The summed E-state index contributed by atoms with van der Waals surface area (Å²) in [6.45, 7) is 3.37. The highest BCUT2D eigenvalue weighted by molar-refractivity contribution is 7.22. The maximum absolute atomic E-state index is 13.6. The average molecular weight is 455 g/mol. The van der Waals surface area contributed by atoms with Crippen molar-refractivity contribution >= 4 is 44.2 Å². The van der Waals surface area contributed by atoms with Crippen molar-refractivity contribution in [2.75, 3.05) is 18.6 Å². The number of fused-ring (bicyclic) bond motifs is 1. The van der Waals surface area contributed by atoms with Crippen molar-refractivity contribution in [2.24, 2.45) is 0 Å². The SMILES string of the molecule is CCc1cccc2sc(N(CCCn3ccnc3)C(=O)c3cc(Cl)ccc3OC)nc12. The van der Waals surface area contributed by atoms with E-state index in [1.54, 1.807) is 42.7 Å². The Balaban J connectivity index is 1.70. The number of hydrogen-bond acceptors (Lipinski definition) is 5. The molecule has 0 atom stereocenters. The number of hydrogen-bond donors (Lipinski definition) is 0. The number of para-hydroxylation sites is 1. The van der Waals surface area contributed by atoms with Crippen molar-refractivity contribution in [1.82, 2.24) is 14.5 Å². The van der Waals surface area contributed by atoms with Gasteiger partial charge in [0.2, 0.25) is 0 Å². The van der Waals surface area contributed by atoms with Crippen molar-refractivity contribution in [1.29, 1.82) is 0 Å². The van der Waals surface area contributed by atoms with Crippen LogP contribution >= 0.6 is 22.9 Å². The molecule has 2 aromatic heterocycles. The lowest BCUT2D eigenvalue weighted by Gasteiger charge is -2.21. The predicted molar refractivity (Wildman–Crippen MR) is 126 cm³/mol. The third kappa shape index (κ3) is 4.57. The summed E-state index contributed by atoms with van der Waals surface area (Å²) in [5.41, 5.74) is 2.55. The molecule has 8 heteroatoms. The Kier molecular flexibility index (Phi) is 6.53. The lowest BCUT2D eigenvalue weighted by Crippen LogP contribution is -2.32. The second kappa shape index (κ2) is 9.49. The molecule has 160 valence electrons. The molecule has 31 heavy (non-hydrogen) atoms. The number of rotatable bonds is 8. The lowest BCUT2D eigenvalue weighted by atomic mass is 10.1. The van der Waals surface area contributed by atoms with E-state index in [-0.39, 0.29) is 5.91 Å². The normalized spacial score (nSPS) is 11.1. The second-order valence-electron chi connectivity index (χ2n) is 7.07. The van der Waals surface area contributed by atoms with Crippen molar-refractivity contribution in [3.05, 3.63) is 71.3 Å². The Labute approximate surface area is 190 Å².